The Hall–Kier alpha value is -4.70. The fourth-order valence-electron chi connectivity index (χ4n) is 4.12. The molecule has 4 aromatic rings. The van der Waals surface area contributed by atoms with Crippen molar-refractivity contribution in [1.29, 1.82) is 0 Å². The first-order valence-corrected chi connectivity index (χ1v) is 13.5. The van der Waals surface area contributed by atoms with Crippen molar-refractivity contribution in [2.75, 3.05) is 16.9 Å². The maximum absolute atomic E-state index is 13.2. The molecule has 0 bridgehead atoms. The molecule has 0 radical (unpaired) electrons. The van der Waals surface area contributed by atoms with E-state index >= 15 is 0 Å². The van der Waals surface area contributed by atoms with Crippen molar-refractivity contribution in [3.63, 3.8) is 0 Å². The average Bonchev–Trinajstić information content (AvgIpc) is 3.17. The van der Waals surface area contributed by atoms with E-state index in [0.717, 1.165) is 11.9 Å². The molecule has 0 fully saturated rings. The molecule has 4 N–H and O–H groups in total. The van der Waals surface area contributed by atoms with E-state index in [1.807, 2.05) is 11.5 Å². The number of primary amides is 1. The van der Waals surface area contributed by atoms with Gasteiger partial charge in [-0.05, 0) is 80.6 Å². The Morgan fingerprint density at radius 3 is 1.84 bits per heavy atom. The van der Waals surface area contributed by atoms with Crippen LogP contribution in [0.15, 0.2) is 83.8 Å². The molecule has 1 aromatic heterocycles. The molecular weight excluding hydrogens is 504 g/mol. The van der Waals surface area contributed by atoms with Crippen LogP contribution in [0.1, 0.15) is 42.5 Å². The second-order valence-electron chi connectivity index (χ2n) is 8.78. The van der Waals surface area contributed by atoms with Crippen molar-refractivity contribution in [3.05, 3.63) is 107 Å². The zero-order valence-corrected chi connectivity index (χ0v) is 21.8. The number of sulfone groups is 1. The second-order valence-corrected chi connectivity index (χ2v) is 10.8. The van der Waals surface area contributed by atoms with Crippen LogP contribution in [-0.2, 0) is 9.84 Å². The number of carbonyl (C=O) groups is 3. The SMILES string of the molecule is Cc1cc(C(=O)Nc2ccc(S(C)(=O)=O)cc2)c(C)n1-c1ccccc1C(=O)Nc1ccc(C(N)=O)cc1. The largest absolute Gasteiger partial charge is 0.366 e. The number of para-hydroxylation sites is 1. The average molecular weight is 531 g/mol. The highest BCUT2D eigenvalue weighted by Crippen LogP contribution is 2.25. The van der Waals surface area contributed by atoms with Crippen LogP contribution in [0.2, 0.25) is 0 Å². The molecule has 0 unspecified atom stereocenters. The number of anilines is 2. The van der Waals surface area contributed by atoms with Crippen molar-refractivity contribution < 1.29 is 22.8 Å². The van der Waals surface area contributed by atoms with Crippen molar-refractivity contribution >= 4 is 38.9 Å². The summed E-state index contributed by atoms with van der Waals surface area (Å²) in [7, 11) is -3.34. The van der Waals surface area contributed by atoms with E-state index in [4.69, 9.17) is 5.73 Å². The number of hydrogen-bond acceptors (Lipinski definition) is 5. The lowest BCUT2D eigenvalue weighted by atomic mass is 10.1. The summed E-state index contributed by atoms with van der Waals surface area (Å²) in [5, 5.41) is 5.62. The standard InChI is InChI=1S/C28H26N4O5S/c1-17-16-24(28(35)31-21-12-14-22(15-13-21)38(3,36)37)18(2)32(17)25-7-5-4-6-23(25)27(34)30-20-10-8-19(9-11-20)26(29)33/h4-16H,1-3H3,(H2,29,33)(H,30,34)(H,31,35). The predicted molar refractivity (Wildman–Crippen MR) is 146 cm³/mol. The lowest BCUT2D eigenvalue weighted by Gasteiger charge is -2.15. The van der Waals surface area contributed by atoms with Crippen molar-refractivity contribution in [1.82, 2.24) is 4.57 Å². The van der Waals surface area contributed by atoms with Crippen LogP contribution in [0.4, 0.5) is 11.4 Å². The Bertz CT molecular complexity index is 1650. The third-order valence-corrected chi connectivity index (χ3v) is 7.16. The quantitative estimate of drug-likeness (QED) is 0.330. The van der Waals surface area contributed by atoms with E-state index in [2.05, 4.69) is 10.6 Å². The second kappa shape index (κ2) is 10.3. The Kier molecular flexibility index (Phi) is 7.18. The van der Waals surface area contributed by atoms with Gasteiger partial charge in [-0.2, -0.15) is 0 Å². The Morgan fingerprint density at radius 2 is 1.29 bits per heavy atom. The summed E-state index contributed by atoms with van der Waals surface area (Å²) in [5.74, 6) is -1.29. The summed E-state index contributed by atoms with van der Waals surface area (Å²) < 4.78 is 25.2. The van der Waals surface area contributed by atoms with Crippen LogP contribution in [0, 0.1) is 13.8 Å². The molecule has 0 aliphatic heterocycles. The number of aromatic nitrogens is 1. The van der Waals surface area contributed by atoms with Gasteiger partial charge < -0.3 is 20.9 Å². The van der Waals surface area contributed by atoms with Gasteiger partial charge in [-0.1, -0.05) is 12.1 Å². The van der Waals surface area contributed by atoms with Crippen molar-refractivity contribution in [2.24, 2.45) is 5.73 Å². The zero-order chi connectivity index (χ0) is 27.6. The van der Waals surface area contributed by atoms with Gasteiger partial charge in [-0.15, -0.1) is 0 Å². The maximum Gasteiger partial charge on any atom is 0.257 e. The normalized spacial score (nSPS) is 11.1. The van der Waals surface area contributed by atoms with Gasteiger partial charge in [0.2, 0.25) is 5.91 Å². The molecule has 3 amide bonds. The third kappa shape index (κ3) is 5.50. The topological polar surface area (TPSA) is 140 Å². The summed E-state index contributed by atoms with van der Waals surface area (Å²) >= 11 is 0. The fourth-order valence-corrected chi connectivity index (χ4v) is 4.75. The molecule has 0 aliphatic carbocycles. The molecular formula is C28H26N4O5S. The van der Waals surface area contributed by atoms with Crippen LogP contribution < -0.4 is 16.4 Å². The Balaban J connectivity index is 1.61. The molecule has 0 atom stereocenters. The molecule has 1 heterocycles. The molecule has 0 aliphatic rings. The smallest absolute Gasteiger partial charge is 0.257 e. The van der Waals surface area contributed by atoms with E-state index in [1.165, 1.54) is 36.4 Å². The van der Waals surface area contributed by atoms with Crippen LogP contribution in [-0.4, -0.2) is 37.0 Å². The number of rotatable bonds is 7. The summed E-state index contributed by atoms with van der Waals surface area (Å²) in [6.07, 6.45) is 1.12. The van der Waals surface area contributed by atoms with Gasteiger partial charge in [0.25, 0.3) is 11.8 Å². The van der Waals surface area contributed by atoms with Gasteiger partial charge in [0.15, 0.2) is 9.84 Å². The third-order valence-electron chi connectivity index (χ3n) is 6.03. The monoisotopic (exact) mass is 530 g/mol. The molecule has 0 saturated carbocycles. The maximum atomic E-state index is 13.2. The van der Waals surface area contributed by atoms with E-state index in [0.29, 0.717) is 39.4 Å². The molecule has 4 rings (SSSR count). The van der Waals surface area contributed by atoms with Crippen LogP contribution >= 0.6 is 0 Å². The first kappa shape index (κ1) is 26.4. The Labute approximate surface area is 220 Å². The highest BCUT2D eigenvalue weighted by molar-refractivity contribution is 7.90. The minimum atomic E-state index is -3.34. The molecule has 9 nitrogen and oxygen atoms in total. The van der Waals surface area contributed by atoms with Gasteiger partial charge in [0.1, 0.15) is 0 Å². The minimum absolute atomic E-state index is 0.160. The zero-order valence-electron chi connectivity index (χ0n) is 21.0. The van der Waals surface area contributed by atoms with E-state index < -0.39 is 15.7 Å². The number of hydrogen-bond donors (Lipinski definition) is 3. The molecule has 0 saturated heterocycles. The van der Waals surface area contributed by atoms with Crippen molar-refractivity contribution in [3.8, 4) is 5.69 Å². The number of nitrogens with one attached hydrogen (secondary N) is 2. The fraction of sp³-hybridized carbons (Fsp3) is 0.107. The molecule has 38 heavy (non-hydrogen) atoms. The van der Waals surface area contributed by atoms with E-state index in [1.54, 1.807) is 49.4 Å². The number of nitrogens with zero attached hydrogens (tertiary/aromatic N) is 1. The summed E-state index contributed by atoms with van der Waals surface area (Å²) in [5.41, 5.74) is 9.31. The van der Waals surface area contributed by atoms with Crippen LogP contribution in [0.25, 0.3) is 5.69 Å². The number of carbonyl (C=O) groups excluding carboxylic acids is 3. The molecule has 3 aromatic carbocycles. The summed E-state index contributed by atoms with van der Waals surface area (Å²) in [4.78, 5) is 37.7. The molecule has 10 heteroatoms. The van der Waals surface area contributed by atoms with Crippen LogP contribution in [0.5, 0.6) is 0 Å². The minimum Gasteiger partial charge on any atom is -0.366 e. The number of benzene rings is 3. The van der Waals surface area contributed by atoms with Gasteiger partial charge in [-0.3, -0.25) is 14.4 Å². The van der Waals surface area contributed by atoms with E-state index in [-0.39, 0.29) is 16.7 Å². The van der Waals surface area contributed by atoms with Gasteiger partial charge >= 0.3 is 0 Å². The van der Waals surface area contributed by atoms with Gasteiger partial charge in [-0.25, -0.2) is 8.42 Å². The van der Waals surface area contributed by atoms with Gasteiger partial charge in [0.05, 0.1) is 21.7 Å². The lowest BCUT2D eigenvalue weighted by Crippen LogP contribution is -2.17. The highest BCUT2D eigenvalue weighted by Gasteiger charge is 2.21. The number of amides is 3. The summed E-state index contributed by atoms with van der Waals surface area (Å²) in [6.45, 7) is 3.62. The first-order chi connectivity index (χ1) is 18.0. The number of nitrogens with two attached hydrogens (primary N) is 1. The van der Waals surface area contributed by atoms with Gasteiger partial charge in [0, 0.05) is 34.6 Å². The van der Waals surface area contributed by atoms with E-state index in [9.17, 15) is 22.8 Å². The highest BCUT2D eigenvalue weighted by atomic mass is 32.2. The summed E-state index contributed by atoms with van der Waals surface area (Å²) in [6, 6.07) is 20.9. The lowest BCUT2D eigenvalue weighted by molar-refractivity contribution is 0.0996. The van der Waals surface area contributed by atoms with Crippen molar-refractivity contribution in [2.45, 2.75) is 18.7 Å². The molecule has 0 spiro atoms. The predicted octanol–water partition coefficient (Wildman–Crippen LogP) is 4.10. The Morgan fingerprint density at radius 1 is 0.763 bits per heavy atom. The van der Waals surface area contributed by atoms with Crippen LogP contribution in [0.3, 0.4) is 0 Å². The number of aryl methyl sites for hydroxylation is 1. The molecule has 194 valence electrons. The first-order valence-electron chi connectivity index (χ1n) is 11.6.